The molecule has 0 aliphatic rings. The van der Waals surface area contributed by atoms with Crippen molar-refractivity contribution in [2.45, 2.75) is 6.18 Å². The fourth-order valence-corrected chi connectivity index (χ4v) is 1.78. The van der Waals surface area contributed by atoms with Crippen LogP contribution in [-0.2, 0) is 11.0 Å². The number of non-ortho nitro benzene ring substituents is 1. The number of hydrogen-bond acceptors (Lipinski definition) is 4. The molecule has 2 aromatic rings. The molecule has 0 heterocycles. The third-order valence-electron chi connectivity index (χ3n) is 2.89. The van der Waals surface area contributed by atoms with Gasteiger partial charge in [0.1, 0.15) is 5.75 Å². The first kappa shape index (κ1) is 17.3. The van der Waals surface area contributed by atoms with Gasteiger partial charge >= 0.3 is 6.18 Å². The number of rotatable bonds is 5. The summed E-state index contributed by atoms with van der Waals surface area (Å²) in [7, 11) is 0. The van der Waals surface area contributed by atoms with Crippen LogP contribution in [0.4, 0.5) is 24.5 Å². The van der Waals surface area contributed by atoms with Gasteiger partial charge in [-0.25, -0.2) is 0 Å². The Bertz CT molecular complexity index is 745. The molecule has 2 rings (SSSR count). The van der Waals surface area contributed by atoms with Crippen LogP contribution in [0.2, 0.25) is 0 Å². The molecule has 6 nitrogen and oxygen atoms in total. The van der Waals surface area contributed by atoms with Gasteiger partial charge < -0.3 is 10.1 Å². The molecule has 0 aliphatic heterocycles. The standard InChI is InChI=1S/C15H11F3N2O4/c16-15(17,18)10-2-1-3-11(8-10)19-14(21)9-24-13-6-4-12(5-7-13)20(22)23/h1-8H,9H2,(H,19,21). The second-order valence-corrected chi connectivity index (χ2v) is 4.67. The summed E-state index contributed by atoms with van der Waals surface area (Å²) >= 11 is 0. The smallest absolute Gasteiger partial charge is 0.416 e. The zero-order valence-electron chi connectivity index (χ0n) is 12.0. The van der Waals surface area contributed by atoms with Crippen molar-refractivity contribution in [3.63, 3.8) is 0 Å². The van der Waals surface area contributed by atoms with E-state index < -0.39 is 29.2 Å². The van der Waals surface area contributed by atoms with Gasteiger partial charge in [-0.1, -0.05) is 6.07 Å². The zero-order valence-corrected chi connectivity index (χ0v) is 12.0. The molecule has 1 amide bonds. The van der Waals surface area contributed by atoms with Crippen molar-refractivity contribution in [3.8, 4) is 5.75 Å². The Kier molecular flexibility index (Phi) is 5.02. The van der Waals surface area contributed by atoms with E-state index in [9.17, 15) is 28.1 Å². The Hall–Kier alpha value is -3.10. The number of alkyl halides is 3. The molecule has 0 saturated carbocycles. The monoisotopic (exact) mass is 340 g/mol. The fraction of sp³-hybridized carbons (Fsp3) is 0.133. The number of carbonyl (C=O) groups is 1. The van der Waals surface area contributed by atoms with Gasteiger partial charge in [0.2, 0.25) is 0 Å². The molecule has 0 spiro atoms. The Morgan fingerprint density at radius 1 is 1.17 bits per heavy atom. The molecule has 0 aromatic heterocycles. The molecular formula is C15H11F3N2O4. The number of nitro benzene ring substituents is 1. The molecule has 0 saturated heterocycles. The maximum atomic E-state index is 12.6. The summed E-state index contributed by atoms with van der Waals surface area (Å²) in [4.78, 5) is 21.6. The van der Waals surface area contributed by atoms with Crippen LogP contribution in [0.5, 0.6) is 5.75 Å². The van der Waals surface area contributed by atoms with E-state index in [4.69, 9.17) is 4.74 Å². The summed E-state index contributed by atoms with van der Waals surface area (Å²) < 4.78 is 42.9. The number of hydrogen-bond donors (Lipinski definition) is 1. The number of halogens is 3. The van der Waals surface area contributed by atoms with Crippen LogP contribution in [0.3, 0.4) is 0 Å². The summed E-state index contributed by atoms with van der Waals surface area (Å²) in [5, 5.41) is 12.8. The van der Waals surface area contributed by atoms with Crippen LogP contribution in [0.15, 0.2) is 48.5 Å². The molecule has 2 aromatic carbocycles. The number of nitro groups is 1. The van der Waals surface area contributed by atoms with Gasteiger partial charge in [0.25, 0.3) is 11.6 Å². The van der Waals surface area contributed by atoms with E-state index in [1.54, 1.807) is 0 Å². The second-order valence-electron chi connectivity index (χ2n) is 4.67. The number of carbonyl (C=O) groups excluding carboxylic acids is 1. The highest BCUT2D eigenvalue weighted by molar-refractivity contribution is 5.91. The van der Waals surface area contributed by atoms with E-state index in [0.717, 1.165) is 12.1 Å². The average Bonchev–Trinajstić information content (AvgIpc) is 2.53. The molecule has 0 unspecified atom stereocenters. The molecular weight excluding hydrogens is 329 g/mol. The first-order valence-electron chi connectivity index (χ1n) is 6.60. The van der Waals surface area contributed by atoms with Crippen LogP contribution >= 0.6 is 0 Å². The van der Waals surface area contributed by atoms with Crippen molar-refractivity contribution in [2.24, 2.45) is 0 Å². The Morgan fingerprint density at radius 3 is 2.42 bits per heavy atom. The molecule has 0 aliphatic carbocycles. The van der Waals surface area contributed by atoms with E-state index in [1.807, 2.05) is 0 Å². The van der Waals surface area contributed by atoms with Gasteiger partial charge in [-0.15, -0.1) is 0 Å². The van der Waals surface area contributed by atoms with Gasteiger partial charge in [-0.3, -0.25) is 14.9 Å². The van der Waals surface area contributed by atoms with Crippen molar-refractivity contribution in [3.05, 3.63) is 64.2 Å². The van der Waals surface area contributed by atoms with Gasteiger partial charge in [-0.2, -0.15) is 13.2 Å². The van der Waals surface area contributed by atoms with Crippen molar-refractivity contribution >= 4 is 17.3 Å². The van der Waals surface area contributed by atoms with Gasteiger partial charge in [0, 0.05) is 17.8 Å². The number of nitrogens with one attached hydrogen (secondary N) is 1. The molecule has 24 heavy (non-hydrogen) atoms. The second kappa shape index (κ2) is 6.99. The summed E-state index contributed by atoms with van der Waals surface area (Å²) in [5.41, 5.74) is -1.02. The minimum absolute atomic E-state index is 0.0119. The summed E-state index contributed by atoms with van der Waals surface area (Å²) in [5.74, 6) is -0.438. The molecule has 0 atom stereocenters. The van der Waals surface area contributed by atoms with Crippen molar-refractivity contribution in [1.29, 1.82) is 0 Å². The normalized spacial score (nSPS) is 11.0. The molecule has 0 bridgehead atoms. The van der Waals surface area contributed by atoms with Crippen molar-refractivity contribution in [1.82, 2.24) is 0 Å². The van der Waals surface area contributed by atoms with Gasteiger partial charge in [-0.05, 0) is 30.3 Å². The summed E-state index contributed by atoms with van der Waals surface area (Å²) in [6, 6.07) is 9.24. The zero-order chi connectivity index (χ0) is 17.7. The quantitative estimate of drug-likeness (QED) is 0.666. The third-order valence-corrected chi connectivity index (χ3v) is 2.89. The number of ether oxygens (including phenoxy) is 1. The number of amides is 1. The minimum atomic E-state index is -4.50. The predicted molar refractivity (Wildman–Crippen MR) is 78.7 cm³/mol. The Labute approximate surface area is 134 Å². The maximum absolute atomic E-state index is 12.6. The lowest BCUT2D eigenvalue weighted by Gasteiger charge is -2.10. The average molecular weight is 340 g/mol. The van der Waals surface area contributed by atoms with Crippen molar-refractivity contribution < 1.29 is 27.6 Å². The van der Waals surface area contributed by atoms with Crippen LogP contribution in [-0.4, -0.2) is 17.4 Å². The highest BCUT2D eigenvalue weighted by Crippen LogP contribution is 2.30. The van der Waals surface area contributed by atoms with Gasteiger partial charge in [0.05, 0.1) is 10.5 Å². The minimum Gasteiger partial charge on any atom is -0.484 e. The number of benzene rings is 2. The fourth-order valence-electron chi connectivity index (χ4n) is 1.78. The molecule has 126 valence electrons. The molecule has 0 fully saturated rings. The SMILES string of the molecule is O=C(COc1ccc([N+](=O)[O-])cc1)Nc1cccc(C(F)(F)F)c1. The lowest BCUT2D eigenvalue weighted by atomic mass is 10.2. The molecule has 1 N–H and O–H groups in total. The van der Waals surface area contributed by atoms with Crippen LogP contribution in [0.1, 0.15) is 5.56 Å². The lowest BCUT2D eigenvalue weighted by molar-refractivity contribution is -0.384. The highest BCUT2D eigenvalue weighted by atomic mass is 19.4. The topological polar surface area (TPSA) is 81.5 Å². The molecule has 9 heteroatoms. The number of nitrogens with zero attached hydrogens (tertiary/aromatic N) is 1. The van der Waals surface area contributed by atoms with Gasteiger partial charge in [0.15, 0.2) is 6.61 Å². The first-order valence-corrected chi connectivity index (χ1v) is 6.60. The van der Waals surface area contributed by atoms with E-state index in [1.165, 1.54) is 36.4 Å². The summed E-state index contributed by atoms with van der Waals surface area (Å²) in [6.45, 7) is -0.450. The molecule has 0 radical (unpaired) electrons. The number of anilines is 1. The lowest BCUT2D eigenvalue weighted by Crippen LogP contribution is -2.20. The third kappa shape index (κ3) is 4.70. The summed E-state index contributed by atoms with van der Waals surface area (Å²) in [6.07, 6.45) is -4.50. The van der Waals surface area contributed by atoms with Crippen LogP contribution in [0.25, 0.3) is 0 Å². The van der Waals surface area contributed by atoms with E-state index >= 15 is 0 Å². The first-order chi connectivity index (χ1) is 11.3. The highest BCUT2D eigenvalue weighted by Gasteiger charge is 2.30. The van der Waals surface area contributed by atoms with E-state index in [-0.39, 0.29) is 17.1 Å². The van der Waals surface area contributed by atoms with E-state index in [0.29, 0.717) is 0 Å². The van der Waals surface area contributed by atoms with Crippen LogP contribution in [0, 0.1) is 10.1 Å². The Balaban J connectivity index is 1.93. The largest absolute Gasteiger partial charge is 0.484 e. The maximum Gasteiger partial charge on any atom is 0.416 e. The predicted octanol–water partition coefficient (Wildman–Crippen LogP) is 3.63. The van der Waals surface area contributed by atoms with E-state index in [2.05, 4.69) is 5.32 Å². The Morgan fingerprint density at radius 2 is 1.83 bits per heavy atom. The van der Waals surface area contributed by atoms with Crippen LogP contribution < -0.4 is 10.1 Å². The van der Waals surface area contributed by atoms with Crippen molar-refractivity contribution in [2.75, 3.05) is 11.9 Å².